The van der Waals surface area contributed by atoms with Crippen molar-refractivity contribution in [1.82, 2.24) is 19.8 Å². The number of anilines is 2. The maximum atomic E-state index is 12.5. The van der Waals surface area contributed by atoms with Crippen LogP contribution in [0.25, 0.3) is 0 Å². The van der Waals surface area contributed by atoms with E-state index in [-0.39, 0.29) is 11.8 Å². The molecule has 146 valence electrons. The van der Waals surface area contributed by atoms with E-state index in [9.17, 15) is 9.59 Å². The summed E-state index contributed by atoms with van der Waals surface area (Å²) in [6.45, 7) is 4.55. The van der Waals surface area contributed by atoms with Gasteiger partial charge in [0.1, 0.15) is 18.0 Å². The number of rotatable bonds is 5. The third-order valence-electron chi connectivity index (χ3n) is 5.31. The van der Waals surface area contributed by atoms with E-state index in [1.807, 2.05) is 25.1 Å². The van der Waals surface area contributed by atoms with Gasteiger partial charge in [-0.05, 0) is 12.1 Å². The Balaban J connectivity index is 1.32. The third-order valence-corrected chi connectivity index (χ3v) is 5.31. The number of nitrogens with zero attached hydrogens (tertiary/aromatic N) is 6. The summed E-state index contributed by atoms with van der Waals surface area (Å²) in [4.78, 5) is 41.4. The van der Waals surface area contributed by atoms with Crippen molar-refractivity contribution in [2.24, 2.45) is 0 Å². The molecular formula is C20H24N6O2. The minimum Gasteiger partial charge on any atom is -0.363 e. The first-order chi connectivity index (χ1) is 13.5. The molecule has 0 unspecified atom stereocenters. The molecule has 2 aromatic rings. The molecule has 2 aliphatic heterocycles. The van der Waals surface area contributed by atoms with Gasteiger partial charge in [-0.15, -0.1) is 0 Å². The highest BCUT2D eigenvalue weighted by atomic mass is 16.2. The van der Waals surface area contributed by atoms with Crippen LogP contribution in [-0.2, 0) is 0 Å². The average Bonchev–Trinajstić information content (AvgIpc) is 2.97. The van der Waals surface area contributed by atoms with Gasteiger partial charge >= 0.3 is 0 Å². The minimum absolute atomic E-state index is 0.184. The molecular weight excluding hydrogens is 356 g/mol. The summed E-state index contributed by atoms with van der Waals surface area (Å²) in [7, 11) is 3.92. The molecule has 0 N–H and O–H groups in total. The molecule has 0 bridgehead atoms. The summed E-state index contributed by atoms with van der Waals surface area (Å²) in [5, 5.41) is 0. The van der Waals surface area contributed by atoms with Crippen molar-refractivity contribution in [2.45, 2.75) is 0 Å². The van der Waals surface area contributed by atoms with E-state index in [2.05, 4.69) is 19.8 Å². The van der Waals surface area contributed by atoms with Gasteiger partial charge in [0, 0.05) is 59.4 Å². The number of hydrogen-bond acceptors (Lipinski definition) is 7. The molecule has 1 aromatic carbocycles. The Bertz CT molecular complexity index is 857. The Labute approximate surface area is 164 Å². The number of amides is 2. The Morgan fingerprint density at radius 2 is 1.57 bits per heavy atom. The van der Waals surface area contributed by atoms with Crippen molar-refractivity contribution in [3.05, 3.63) is 47.8 Å². The topological polar surface area (TPSA) is 72.9 Å². The van der Waals surface area contributed by atoms with E-state index >= 15 is 0 Å². The Kier molecular flexibility index (Phi) is 4.95. The molecule has 2 amide bonds. The number of fused-ring (bicyclic) bond motifs is 1. The number of carbonyl (C=O) groups excluding carboxylic acids is 2. The number of benzene rings is 1. The van der Waals surface area contributed by atoms with Crippen LogP contribution in [0.3, 0.4) is 0 Å². The third kappa shape index (κ3) is 3.43. The van der Waals surface area contributed by atoms with Crippen molar-refractivity contribution in [2.75, 3.05) is 63.2 Å². The fourth-order valence-corrected chi connectivity index (χ4v) is 3.64. The van der Waals surface area contributed by atoms with E-state index in [1.165, 1.54) is 4.90 Å². The second-order valence-electron chi connectivity index (χ2n) is 7.27. The largest absolute Gasteiger partial charge is 0.363 e. The summed E-state index contributed by atoms with van der Waals surface area (Å²) >= 11 is 0. The van der Waals surface area contributed by atoms with Crippen molar-refractivity contribution in [1.29, 1.82) is 0 Å². The van der Waals surface area contributed by atoms with Crippen LogP contribution in [-0.4, -0.2) is 84.9 Å². The summed E-state index contributed by atoms with van der Waals surface area (Å²) in [5.41, 5.74) is 1.02. The van der Waals surface area contributed by atoms with Gasteiger partial charge in [0.15, 0.2) is 0 Å². The van der Waals surface area contributed by atoms with E-state index in [0.717, 1.165) is 37.8 Å². The summed E-state index contributed by atoms with van der Waals surface area (Å²) in [5.74, 6) is 1.45. The lowest BCUT2D eigenvalue weighted by Crippen LogP contribution is -2.49. The van der Waals surface area contributed by atoms with Gasteiger partial charge in [-0.2, -0.15) is 0 Å². The quantitative estimate of drug-likeness (QED) is 0.716. The fraction of sp³-hybridized carbons (Fsp3) is 0.400. The highest BCUT2D eigenvalue weighted by molar-refractivity contribution is 6.21. The molecule has 0 spiro atoms. The van der Waals surface area contributed by atoms with Gasteiger partial charge in [0.2, 0.25) is 0 Å². The number of imide groups is 1. The van der Waals surface area contributed by atoms with Gasteiger partial charge in [-0.25, -0.2) is 9.97 Å². The van der Waals surface area contributed by atoms with Gasteiger partial charge in [0.25, 0.3) is 11.8 Å². The maximum Gasteiger partial charge on any atom is 0.261 e. The number of carbonyl (C=O) groups is 2. The van der Waals surface area contributed by atoms with Gasteiger partial charge in [-0.1, -0.05) is 12.1 Å². The Morgan fingerprint density at radius 1 is 0.929 bits per heavy atom. The average molecular weight is 380 g/mol. The molecule has 0 radical (unpaired) electrons. The monoisotopic (exact) mass is 380 g/mol. The number of hydrogen-bond donors (Lipinski definition) is 0. The zero-order valence-electron chi connectivity index (χ0n) is 16.2. The second kappa shape index (κ2) is 7.55. The van der Waals surface area contributed by atoms with E-state index in [4.69, 9.17) is 0 Å². The number of aromatic nitrogens is 2. The zero-order valence-corrected chi connectivity index (χ0v) is 16.2. The normalized spacial score (nSPS) is 17.2. The molecule has 8 heteroatoms. The Hall–Kier alpha value is -3.00. The van der Waals surface area contributed by atoms with E-state index < -0.39 is 0 Å². The molecule has 3 heterocycles. The van der Waals surface area contributed by atoms with E-state index in [1.54, 1.807) is 30.6 Å². The summed E-state index contributed by atoms with van der Waals surface area (Å²) in [6.07, 6.45) is 1.60. The lowest BCUT2D eigenvalue weighted by molar-refractivity contribution is 0.0635. The Morgan fingerprint density at radius 3 is 2.18 bits per heavy atom. The van der Waals surface area contributed by atoms with Gasteiger partial charge in [0.05, 0.1) is 11.1 Å². The standard InChI is InChI=1S/C20H24N6O2/c1-23(2)17-13-18(22-14-21-17)25-10-7-24(8-11-25)9-12-26-19(27)15-5-3-4-6-16(15)20(26)28/h3-6,13-14H,7-12H2,1-2H3. The second-order valence-corrected chi connectivity index (χ2v) is 7.27. The lowest BCUT2D eigenvalue weighted by atomic mass is 10.1. The first-order valence-corrected chi connectivity index (χ1v) is 9.46. The van der Waals surface area contributed by atoms with Gasteiger partial charge in [-0.3, -0.25) is 19.4 Å². The molecule has 1 aromatic heterocycles. The molecule has 0 aliphatic carbocycles. The van der Waals surface area contributed by atoms with Crippen molar-refractivity contribution >= 4 is 23.5 Å². The minimum atomic E-state index is -0.184. The van der Waals surface area contributed by atoms with Crippen LogP contribution in [0, 0.1) is 0 Å². The highest BCUT2D eigenvalue weighted by Crippen LogP contribution is 2.22. The van der Waals surface area contributed by atoms with Crippen LogP contribution in [0.5, 0.6) is 0 Å². The smallest absolute Gasteiger partial charge is 0.261 e. The molecule has 4 rings (SSSR count). The van der Waals surface area contributed by atoms with Crippen molar-refractivity contribution in [3.8, 4) is 0 Å². The van der Waals surface area contributed by atoms with Crippen molar-refractivity contribution < 1.29 is 9.59 Å². The molecule has 28 heavy (non-hydrogen) atoms. The van der Waals surface area contributed by atoms with Crippen LogP contribution in [0.15, 0.2) is 36.7 Å². The molecule has 0 saturated carbocycles. The van der Waals surface area contributed by atoms with Crippen molar-refractivity contribution in [3.63, 3.8) is 0 Å². The molecule has 8 nitrogen and oxygen atoms in total. The fourth-order valence-electron chi connectivity index (χ4n) is 3.64. The predicted molar refractivity (Wildman–Crippen MR) is 107 cm³/mol. The van der Waals surface area contributed by atoms with Crippen LogP contribution in [0.4, 0.5) is 11.6 Å². The van der Waals surface area contributed by atoms with Gasteiger partial charge < -0.3 is 9.80 Å². The SMILES string of the molecule is CN(C)c1cc(N2CCN(CCN3C(=O)c4ccccc4C3=O)CC2)ncn1. The molecule has 2 aliphatic rings. The van der Waals surface area contributed by atoms with Crippen LogP contribution < -0.4 is 9.80 Å². The van der Waals surface area contributed by atoms with E-state index in [0.29, 0.717) is 24.2 Å². The summed E-state index contributed by atoms with van der Waals surface area (Å²) < 4.78 is 0. The maximum absolute atomic E-state index is 12.5. The van der Waals surface area contributed by atoms with Crippen LogP contribution in [0.1, 0.15) is 20.7 Å². The zero-order chi connectivity index (χ0) is 19.7. The first kappa shape index (κ1) is 18.4. The molecule has 0 atom stereocenters. The predicted octanol–water partition coefficient (Wildman–Crippen LogP) is 0.961. The first-order valence-electron chi connectivity index (χ1n) is 9.46. The van der Waals surface area contributed by atoms with Crippen LogP contribution >= 0.6 is 0 Å². The number of piperazine rings is 1. The molecule has 1 saturated heterocycles. The highest BCUT2D eigenvalue weighted by Gasteiger charge is 2.35. The van der Waals surface area contributed by atoms with Crippen LogP contribution in [0.2, 0.25) is 0 Å². The molecule has 1 fully saturated rings. The summed E-state index contributed by atoms with van der Waals surface area (Å²) in [6, 6.07) is 9.02. The lowest BCUT2D eigenvalue weighted by Gasteiger charge is -2.36.